The van der Waals surface area contributed by atoms with Crippen LogP contribution in [0.25, 0.3) is 0 Å². The molecule has 0 unspecified atom stereocenters. The molecule has 2 aliphatic carbocycles. The number of hydrogen-bond acceptors (Lipinski definition) is 0. The summed E-state index contributed by atoms with van der Waals surface area (Å²) in [6, 6.07) is 9.20. The van der Waals surface area contributed by atoms with Gasteiger partial charge in [0.1, 0.15) is 0 Å². The molecule has 0 spiro atoms. The van der Waals surface area contributed by atoms with Crippen molar-refractivity contribution in [2.24, 2.45) is 0 Å². The minimum Gasteiger partial charge on any atom is -0.0958 e. The van der Waals surface area contributed by atoms with Crippen LogP contribution in [-0.2, 0) is 12.8 Å². The van der Waals surface area contributed by atoms with E-state index in [0.29, 0.717) is 0 Å². The Morgan fingerprint density at radius 1 is 0.912 bits per heavy atom. The molecular formula is C34H48. The summed E-state index contributed by atoms with van der Waals surface area (Å²) in [6.07, 6.45) is 20.2. The molecule has 34 heavy (non-hydrogen) atoms. The van der Waals surface area contributed by atoms with Gasteiger partial charge < -0.3 is 0 Å². The highest BCUT2D eigenvalue weighted by Gasteiger charge is 2.12. The molecule has 2 aliphatic rings. The molecule has 0 aliphatic heterocycles. The third kappa shape index (κ3) is 9.72. The standard InChI is InChI=1S/C30H36.2C2H6/c1-6-7-23(4)9-17-30(22(2)3)29-16-15-28(21-29)20-26-13-11-25(12-14-26)19-27-10-8-24(5)18-27;2*1-2/h8-15,17,21H,4,6-7,16,18-20H2,1-3,5H3;2*1-2H3/b17-9-;;. The van der Waals surface area contributed by atoms with E-state index in [1.165, 1.54) is 50.1 Å². The van der Waals surface area contributed by atoms with Gasteiger partial charge in [0.25, 0.3) is 0 Å². The van der Waals surface area contributed by atoms with Gasteiger partial charge in [-0.05, 0) is 80.7 Å². The Balaban J connectivity index is 0.00000137. The maximum Gasteiger partial charge on any atom is -0.00287 e. The summed E-state index contributed by atoms with van der Waals surface area (Å²) in [7, 11) is 0. The highest BCUT2D eigenvalue weighted by Crippen LogP contribution is 2.29. The molecule has 0 nitrogen and oxygen atoms in total. The number of benzene rings is 1. The van der Waals surface area contributed by atoms with E-state index < -0.39 is 0 Å². The second-order valence-corrected chi connectivity index (χ2v) is 8.99. The monoisotopic (exact) mass is 456 g/mol. The fourth-order valence-electron chi connectivity index (χ4n) is 4.22. The van der Waals surface area contributed by atoms with Crippen molar-refractivity contribution in [3.63, 3.8) is 0 Å². The summed E-state index contributed by atoms with van der Waals surface area (Å²) in [4.78, 5) is 0. The lowest BCUT2D eigenvalue weighted by Crippen LogP contribution is -1.92. The van der Waals surface area contributed by atoms with Crippen LogP contribution in [0, 0.1) is 0 Å². The van der Waals surface area contributed by atoms with Gasteiger partial charge in [-0.3, -0.25) is 0 Å². The lowest BCUT2D eigenvalue weighted by Gasteiger charge is -2.08. The van der Waals surface area contributed by atoms with E-state index >= 15 is 0 Å². The third-order valence-electron chi connectivity index (χ3n) is 5.86. The van der Waals surface area contributed by atoms with E-state index in [-0.39, 0.29) is 0 Å². The Hall–Kier alpha value is -2.60. The average molecular weight is 457 g/mol. The molecule has 0 heteroatoms. The highest BCUT2D eigenvalue weighted by molar-refractivity contribution is 5.52. The zero-order valence-corrected chi connectivity index (χ0v) is 23.2. The second-order valence-electron chi connectivity index (χ2n) is 8.99. The van der Waals surface area contributed by atoms with Crippen molar-refractivity contribution < 1.29 is 0 Å². The zero-order chi connectivity index (χ0) is 25.5. The maximum atomic E-state index is 4.17. The van der Waals surface area contributed by atoms with Crippen molar-refractivity contribution in [1.82, 2.24) is 0 Å². The lowest BCUT2D eigenvalue weighted by atomic mass is 9.98. The van der Waals surface area contributed by atoms with Crippen LogP contribution in [0.5, 0.6) is 0 Å². The molecule has 3 rings (SSSR count). The van der Waals surface area contributed by atoms with E-state index in [0.717, 1.165) is 38.5 Å². The summed E-state index contributed by atoms with van der Waals surface area (Å²) in [5.74, 6) is 0. The van der Waals surface area contributed by atoms with E-state index in [1.807, 2.05) is 27.7 Å². The molecule has 184 valence electrons. The molecule has 0 saturated heterocycles. The highest BCUT2D eigenvalue weighted by atomic mass is 14.2. The maximum absolute atomic E-state index is 4.17. The first-order chi connectivity index (χ1) is 16.4. The SMILES string of the molecule is C=C(/C=C\C(C1=CC(Cc2ccc(CC3=CC=C(C)C3)cc2)=CC1)=C(C)C)CCC.CC.CC. The van der Waals surface area contributed by atoms with Gasteiger partial charge in [-0.15, -0.1) is 0 Å². The molecule has 0 radical (unpaired) electrons. The van der Waals surface area contributed by atoms with E-state index in [1.54, 1.807) is 0 Å². The van der Waals surface area contributed by atoms with Gasteiger partial charge in [0.05, 0.1) is 0 Å². The van der Waals surface area contributed by atoms with Crippen molar-refractivity contribution >= 4 is 0 Å². The fraction of sp³-hybridized carbons (Fsp3) is 0.412. The Morgan fingerprint density at radius 2 is 1.53 bits per heavy atom. The molecule has 0 amide bonds. The van der Waals surface area contributed by atoms with Crippen molar-refractivity contribution in [2.75, 3.05) is 0 Å². The third-order valence-corrected chi connectivity index (χ3v) is 5.86. The van der Waals surface area contributed by atoms with Gasteiger partial charge in [-0.25, -0.2) is 0 Å². The Bertz CT molecular complexity index is 961. The normalized spacial score (nSPS) is 14.2. The van der Waals surface area contributed by atoms with Gasteiger partial charge in [0, 0.05) is 0 Å². The summed E-state index contributed by atoms with van der Waals surface area (Å²) in [5, 5.41) is 0. The van der Waals surface area contributed by atoms with Crippen molar-refractivity contribution in [3.8, 4) is 0 Å². The van der Waals surface area contributed by atoms with Crippen LogP contribution in [0.4, 0.5) is 0 Å². The van der Waals surface area contributed by atoms with Crippen molar-refractivity contribution in [3.05, 3.63) is 117 Å². The van der Waals surface area contributed by atoms with Gasteiger partial charge in [0.2, 0.25) is 0 Å². The Labute approximate surface area is 211 Å². The number of hydrogen-bond donors (Lipinski definition) is 0. The summed E-state index contributed by atoms with van der Waals surface area (Å²) >= 11 is 0. The minimum atomic E-state index is 1.01. The molecule has 0 bridgehead atoms. The number of rotatable bonds is 9. The second kappa shape index (κ2) is 16.1. The first-order valence-electron chi connectivity index (χ1n) is 13.3. The molecule has 1 aromatic rings. The predicted molar refractivity (Wildman–Crippen MR) is 155 cm³/mol. The summed E-state index contributed by atoms with van der Waals surface area (Å²) in [6.45, 7) is 21.0. The van der Waals surface area contributed by atoms with Gasteiger partial charge in [0.15, 0.2) is 0 Å². The molecule has 1 aromatic carbocycles. The van der Waals surface area contributed by atoms with E-state index in [4.69, 9.17) is 0 Å². The topological polar surface area (TPSA) is 0 Å². The van der Waals surface area contributed by atoms with Gasteiger partial charge in [-0.1, -0.05) is 131 Å². The van der Waals surface area contributed by atoms with Gasteiger partial charge in [-0.2, -0.15) is 0 Å². The Morgan fingerprint density at radius 3 is 2.06 bits per heavy atom. The summed E-state index contributed by atoms with van der Waals surface area (Å²) < 4.78 is 0. The zero-order valence-electron chi connectivity index (χ0n) is 23.2. The molecule has 0 aromatic heterocycles. The fourth-order valence-corrected chi connectivity index (χ4v) is 4.22. The predicted octanol–water partition coefficient (Wildman–Crippen LogP) is 10.6. The van der Waals surface area contributed by atoms with Crippen LogP contribution in [0.2, 0.25) is 0 Å². The van der Waals surface area contributed by atoms with Crippen LogP contribution in [0.1, 0.15) is 92.2 Å². The minimum absolute atomic E-state index is 1.01. The van der Waals surface area contributed by atoms with Crippen LogP contribution in [0.3, 0.4) is 0 Å². The molecule has 0 N–H and O–H groups in total. The Kier molecular flexibility index (Phi) is 13.9. The molecule has 0 saturated carbocycles. The number of allylic oxidation sites excluding steroid dienone is 13. The summed E-state index contributed by atoms with van der Waals surface area (Å²) in [5.41, 5.74) is 12.6. The molecule has 0 heterocycles. The lowest BCUT2D eigenvalue weighted by molar-refractivity contribution is 0.929. The van der Waals surface area contributed by atoms with Crippen LogP contribution in [-0.4, -0.2) is 0 Å². The van der Waals surface area contributed by atoms with Crippen LogP contribution < -0.4 is 0 Å². The van der Waals surface area contributed by atoms with Crippen molar-refractivity contribution in [1.29, 1.82) is 0 Å². The molecular weight excluding hydrogens is 408 g/mol. The van der Waals surface area contributed by atoms with E-state index in [9.17, 15) is 0 Å². The van der Waals surface area contributed by atoms with Crippen LogP contribution in [0.15, 0.2) is 106 Å². The first kappa shape index (κ1) is 29.4. The van der Waals surface area contributed by atoms with Crippen molar-refractivity contribution in [2.45, 2.75) is 93.9 Å². The first-order valence-corrected chi connectivity index (χ1v) is 13.3. The largest absolute Gasteiger partial charge is 0.0958 e. The average Bonchev–Trinajstić information content (AvgIpc) is 3.46. The van der Waals surface area contributed by atoms with E-state index in [2.05, 4.69) is 95.0 Å². The van der Waals surface area contributed by atoms with Gasteiger partial charge >= 0.3 is 0 Å². The quantitative estimate of drug-likeness (QED) is 0.324. The molecule has 0 fully saturated rings. The van der Waals surface area contributed by atoms with Crippen LogP contribution >= 0.6 is 0 Å². The molecule has 0 atom stereocenters. The smallest absolute Gasteiger partial charge is 0.00287 e.